The van der Waals surface area contributed by atoms with Crippen molar-refractivity contribution in [3.8, 4) is 0 Å². The Morgan fingerprint density at radius 1 is 1.35 bits per heavy atom. The molecule has 1 aromatic rings. The summed E-state index contributed by atoms with van der Waals surface area (Å²) in [5.41, 5.74) is 1.27. The van der Waals surface area contributed by atoms with Crippen molar-refractivity contribution in [1.29, 1.82) is 0 Å². The molecule has 2 unspecified atom stereocenters. The predicted octanol–water partition coefficient (Wildman–Crippen LogP) is 2.59. The highest BCUT2D eigenvalue weighted by molar-refractivity contribution is 6.30. The molecule has 2 heterocycles. The van der Waals surface area contributed by atoms with Gasteiger partial charge in [-0.3, -0.25) is 4.90 Å². The van der Waals surface area contributed by atoms with Gasteiger partial charge in [-0.25, -0.2) is 4.79 Å². The maximum absolute atomic E-state index is 12.4. The van der Waals surface area contributed by atoms with E-state index in [-0.39, 0.29) is 24.4 Å². The number of rotatable bonds is 5. The molecule has 3 rings (SSSR count). The first-order valence-electron chi connectivity index (χ1n) is 9.01. The molecule has 26 heavy (non-hydrogen) atoms. The van der Waals surface area contributed by atoms with E-state index < -0.39 is 0 Å². The van der Waals surface area contributed by atoms with Crippen molar-refractivity contribution < 1.29 is 9.53 Å². The Morgan fingerprint density at radius 3 is 2.65 bits per heavy atom. The van der Waals surface area contributed by atoms with Crippen molar-refractivity contribution in [2.75, 3.05) is 52.9 Å². The zero-order valence-corrected chi connectivity index (χ0v) is 17.1. The van der Waals surface area contributed by atoms with E-state index in [0.29, 0.717) is 10.4 Å². The van der Waals surface area contributed by atoms with Crippen LogP contribution in [0.25, 0.3) is 0 Å². The summed E-state index contributed by atoms with van der Waals surface area (Å²) in [6.45, 7) is 9.37. The molecule has 1 aromatic carbocycles. The average molecular weight is 402 g/mol. The lowest BCUT2D eigenvalue weighted by atomic mass is 9.89. The maximum Gasteiger partial charge on any atom is 0.327 e. The predicted molar refractivity (Wildman–Crippen MR) is 107 cm³/mol. The molecule has 0 spiro atoms. The lowest BCUT2D eigenvalue weighted by Crippen LogP contribution is -2.51. The summed E-state index contributed by atoms with van der Waals surface area (Å²) in [6.07, 6.45) is 1.24. The topological polar surface area (TPSA) is 44.8 Å². The molecule has 2 atom stereocenters. The van der Waals surface area contributed by atoms with Crippen LogP contribution in [0.1, 0.15) is 24.9 Å². The summed E-state index contributed by atoms with van der Waals surface area (Å²) >= 11 is 6.12. The van der Waals surface area contributed by atoms with Gasteiger partial charge in [0.2, 0.25) is 0 Å². The van der Waals surface area contributed by atoms with Crippen LogP contribution in [0.15, 0.2) is 24.3 Å². The Balaban J connectivity index is 0.00000243. The molecule has 146 valence electrons. The number of hydrogen-bond donors (Lipinski definition) is 1. The molecular weight excluding hydrogens is 373 g/mol. The van der Waals surface area contributed by atoms with Crippen molar-refractivity contribution in [2.24, 2.45) is 5.41 Å². The Bertz CT molecular complexity index is 600. The number of nitrogens with zero attached hydrogens (tertiary/aromatic N) is 2. The summed E-state index contributed by atoms with van der Waals surface area (Å²) in [5.74, 6) is -0.220. The molecular formula is C19H29Cl2N3O2. The van der Waals surface area contributed by atoms with Gasteiger partial charge in [0.15, 0.2) is 0 Å². The van der Waals surface area contributed by atoms with Crippen LogP contribution in [0.3, 0.4) is 0 Å². The van der Waals surface area contributed by atoms with Crippen molar-refractivity contribution in [1.82, 2.24) is 15.1 Å². The Labute approximate surface area is 167 Å². The summed E-state index contributed by atoms with van der Waals surface area (Å²) in [5, 5.41) is 4.11. The highest BCUT2D eigenvalue weighted by Crippen LogP contribution is 2.29. The quantitative estimate of drug-likeness (QED) is 0.768. The van der Waals surface area contributed by atoms with E-state index in [2.05, 4.69) is 22.0 Å². The van der Waals surface area contributed by atoms with Crippen molar-refractivity contribution in [3.05, 3.63) is 34.9 Å². The van der Waals surface area contributed by atoms with Crippen molar-refractivity contribution in [2.45, 2.75) is 19.4 Å². The molecule has 0 radical (unpaired) electrons. The third-order valence-electron chi connectivity index (χ3n) is 5.42. The van der Waals surface area contributed by atoms with Crippen LogP contribution in [0.2, 0.25) is 5.02 Å². The first-order valence-corrected chi connectivity index (χ1v) is 9.39. The van der Waals surface area contributed by atoms with E-state index in [9.17, 15) is 4.79 Å². The molecule has 0 saturated carbocycles. The highest BCUT2D eigenvalue weighted by atomic mass is 35.5. The molecule has 0 bridgehead atoms. The zero-order chi connectivity index (χ0) is 17.9. The molecule has 0 amide bonds. The van der Waals surface area contributed by atoms with Crippen LogP contribution < -0.4 is 5.32 Å². The van der Waals surface area contributed by atoms with Gasteiger partial charge >= 0.3 is 5.97 Å². The van der Waals surface area contributed by atoms with Crippen LogP contribution in [0.4, 0.5) is 0 Å². The number of carbonyl (C=O) groups is 1. The van der Waals surface area contributed by atoms with E-state index in [1.165, 1.54) is 13.5 Å². The number of nitrogens with one attached hydrogen (secondary N) is 1. The summed E-state index contributed by atoms with van der Waals surface area (Å²) in [4.78, 5) is 17.1. The van der Waals surface area contributed by atoms with Gasteiger partial charge in [-0.1, -0.05) is 30.7 Å². The minimum absolute atomic E-state index is 0. The lowest BCUT2D eigenvalue weighted by Gasteiger charge is -2.41. The van der Waals surface area contributed by atoms with E-state index >= 15 is 0 Å². The normalized spacial score (nSPS) is 25.5. The third-order valence-corrected chi connectivity index (χ3v) is 5.66. The SMILES string of the molecule is COC(=O)C(c1cccc(Cl)c1)N1CCN(CC2(C)CCNC2)CC1.Cl. The first kappa shape index (κ1) is 21.5. The number of ether oxygens (including phenoxy) is 1. The van der Waals surface area contributed by atoms with Crippen LogP contribution in [-0.2, 0) is 9.53 Å². The van der Waals surface area contributed by atoms with Gasteiger partial charge in [-0.05, 0) is 36.1 Å². The second-order valence-electron chi connectivity index (χ2n) is 7.53. The molecule has 7 heteroatoms. The molecule has 2 fully saturated rings. The van der Waals surface area contributed by atoms with Gasteiger partial charge in [-0.2, -0.15) is 0 Å². The van der Waals surface area contributed by atoms with Gasteiger partial charge in [0.1, 0.15) is 6.04 Å². The van der Waals surface area contributed by atoms with Gasteiger partial charge < -0.3 is 15.0 Å². The van der Waals surface area contributed by atoms with Crippen LogP contribution in [-0.4, -0.2) is 68.7 Å². The number of benzene rings is 1. The van der Waals surface area contributed by atoms with Crippen molar-refractivity contribution >= 4 is 30.0 Å². The molecule has 2 saturated heterocycles. The number of carbonyl (C=O) groups excluding carboxylic acids is 1. The Kier molecular flexibility index (Phi) is 7.74. The smallest absolute Gasteiger partial charge is 0.327 e. The molecule has 1 N–H and O–H groups in total. The second kappa shape index (κ2) is 9.38. The monoisotopic (exact) mass is 401 g/mol. The number of halogens is 2. The minimum atomic E-state index is -0.380. The standard InChI is InChI=1S/C19H28ClN3O2.ClH/c1-19(6-7-21-13-19)14-22-8-10-23(11-9-22)17(18(24)25-2)15-4-3-5-16(20)12-15;/h3-5,12,17,21H,6-11,13-14H2,1-2H3;1H. The average Bonchev–Trinajstić information content (AvgIpc) is 3.03. The Morgan fingerprint density at radius 2 is 2.08 bits per heavy atom. The van der Waals surface area contributed by atoms with E-state index in [4.69, 9.17) is 16.3 Å². The van der Waals surface area contributed by atoms with Crippen LogP contribution in [0, 0.1) is 5.41 Å². The lowest BCUT2D eigenvalue weighted by molar-refractivity contribution is -0.148. The summed E-state index contributed by atoms with van der Waals surface area (Å²) in [7, 11) is 1.45. The highest BCUT2D eigenvalue weighted by Gasteiger charge is 2.35. The van der Waals surface area contributed by atoms with E-state index in [0.717, 1.165) is 51.4 Å². The van der Waals surface area contributed by atoms with Crippen LogP contribution in [0.5, 0.6) is 0 Å². The molecule has 2 aliphatic rings. The fourth-order valence-corrected chi connectivity index (χ4v) is 4.21. The van der Waals surface area contributed by atoms with Gasteiger partial charge in [0, 0.05) is 44.3 Å². The molecule has 0 aliphatic carbocycles. The van der Waals surface area contributed by atoms with Gasteiger partial charge in [0.25, 0.3) is 0 Å². The number of esters is 1. The largest absolute Gasteiger partial charge is 0.468 e. The summed E-state index contributed by atoms with van der Waals surface area (Å²) < 4.78 is 5.06. The van der Waals surface area contributed by atoms with Crippen LogP contribution >= 0.6 is 24.0 Å². The number of piperazine rings is 1. The van der Waals surface area contributed by atoms with Gasteiger partial charge in [-0.15, -0.1) is 12.4 Å². The second-order valence-corrected chi connectivity index (χ2v) is 7.97. The fourth-order valence-electron chi connectivity index (χ4n) is 4.01. The summed E-state index contributed by atoms with van der Waals surface area (Å²) in [6, 6.07) is 7.15. The van der Waals surface area contributed by atoms with Crippen molar-refractivity contribution in [3.63, 3.8) is 0 Å². The number of hydrogen-bond acceptors (Lipinski definition) is 5. The third kappa shape index (κ3) is 5.11. The Hall–Kier alpha value is -0.850. The number of methoxy groups -OCH3 is 1. The maximum atomic E-state index is 12.4. The van der Waals surface area contributed by atoms with E-state index in [1.54, 1.807) is 0 Å². The zero-order valence-electron chi connectivity index (χ0n) is 15.5. The van der Waals surface area contributed by atoms with E-state index in [1.807, 2.05) is 24.3 Å². The minimum Gasteiger partial charge on any atom is -0.468 e. The molecule has 0 aromatic heterocycles. The molecule has 2 aliphatic heterocycles. The fraction of sp³-hybridized carbons (Fsp3) is 0.632. The first-order chi connectivity index (χ1) is 12.0. The van der Waals surface area contributed by atoms with Gasteiger partial charge in [0.05, 0.1) is 7.11 Å². The molecule has 5 nitrogen and oxygen atoms in total.